The summed E-state index contributed by atoms with van der Waals surface area (Å²) in [6.07, 6.45) is 0. The highest BCUT2D eigenvalue weighted by atomic mass is 32.2. The predicted octanol–water partition coefficient (Wildman–Crippen LogP) is 1.33. The average Bonchev–Trinajstić information content (AvgIpc) is 3.02. The van der Waals surface area contributed by atoms with Gasteiger partial charge in [-0.15, -0.1) is 0 Å². The molecule has 19 heavy (non-hydrogen) atoms. The maximum atomic E-state index is 11.6. The van der Waals surface area contributed by atoms with Gasteiger partial charge in [-0.25, -0.2) is 9.69 Å². The van der Waals surface area contributed by atoms with Crippen molar-refractivity contribution in [3.05, 3.63) is 35.9 Å². The number of ether oxygens (including phenoxy) is 1. The first kappa shape index (κ1) is 12.5. The Morgan fingerprint density at radius 2 is 2.26 bits per heavy atom. The smallest absolute Gasteiger partial charge is 0.347 e. The van der Waals surface area contributed by atoms with Crippen LogP contribution in [0.1, 0.15) is 11.6 Å². The van der Waals surface area contributed by atoms with Gasteiger partial charge in [-0.2, -0.15) is 0 Å². The van der Waals surface area contributed by atoms with Crippen LogP contribution in [0.5, 0.6) is 0 Å². The van der Waals surface area contributed by atoms with Crippen molar-refractivity contribution < 1.29 is 14.1 Å². The molecule has 2 aliphatic rings. The molecule has 0 saturated heterocycles. The fraction of sp³-hybridized carbons (Fsp3) is 0.429. The molecule has 0 radical (unpaired) electrons. The Balaban J connectivity index is 1.87. The molecular formula is C14H17N2O2S+. The van der Waals surface area contributed by atoms with Gasteiger partial charge in [0, 0.05) is 11.3 Å². The zero-order chi connectivity index (χ0) is 13.2. The Hall–Kier alpha value is -1.49. The van der Waals surface area contributed by atoms with E-state index >= 15 is 0 Å². The number of hydrogen-bond donors (Lipinski definition) is 0. The van der Waals surface area contributed by atoms with E-state index < -0.39 is 0 Å². The van der Waals surface area contributed by atoms with Gasteiger partial charge in [0.1, 0.15) is 6.54 Å². The zero-order valence-corrected chi connectivity index (χ0v) is 11.7. The van der Waals surface area contributed by atoms with E-state index in [4.69, 9.17) is 4.74 Å². The summed E-state index contributed by atoms with van der Waals surface area (Å²) in [7, 11) is 1.44. The number of methoxy groups -OCH3 is 1. The molecule has 5 heteroatoms. The second kappa shape index (κ2) is 5.25. The van der Waals surface area contributed by atoms with Crippen molar-refractivity contribution in [3.8, 4) is 0 Å². The number of rotatable bonds is 3. The first-order valence-corrected chi connectivity index (χ1v) is 7.41. The van der Waals surface area contributed by atoms with Crippen LogP contribution in [0.25, 0.3) is 0 Å². The average molecular weight is 277 g/mol. The summed E-state index contributed by atoms with van der Waals surface area (Å²) in [6, 6.07) is 10.6. The SMILES string of the molecule is COC(=O)CN1C2=[N+](CCS2)CC1c1ccccc1. The van der Waals surface area contributed by atoms with Crippen molar-refractivity contribution in [2.45, 2.75) is 6.04 Å². The van der Waals surface area contributed by atoms with Gasteiger partial charge in [0.05, 0.1) is 13.7 Å². The molecule has 1 aromatic rings. The molecule has 100 valence electrons. The van der Waals surface area contributed by atoms with Crippen LogP contribution in [0, 0.1) is 0 Å². The number of carbonyl (C=O) groups is 1. The number of hydrogen-bond acceptors (Lipinski definition) is 4. The van der Waals surface area contributed by atoms with Crippen molar-refractivity contribution in [3.63, 3.8) is 0 Å². The van der Waals surface area contributed by atoms with Gasteiger partial charge < -0.3 is 4.74 Å². The summed E-state index contributed by atoms with van der Waals surface area (Å²) in [5.41, 5.74) is 1.26. The van der Waals surface area contributed by atoms with Crippen LogP contribution in [0.2, 0.25) is 0 Å². The van der Waals surface area contributed by atoms with Gasteiger partial charge in [-0.05, 0) is 11.8 Å². The first-order valence-electron chi connectivity index (χ1n) is 6.42. The maximum absolute atomic E-state index is 11.6. The summed E-state index contributed by atoms with van der Waals surface area (Å²) < 4.78 is 7.19. The molecule has 0 bridgehead atoms. The van der Waals surface area contributed by atoms with E-state index in [1.165, 1.54) is 17.8 Å². The van der Waals surface area contributed by atoms with E-state index in [0.717, 1.165) is 18.8 Å². The second-order valence-corrected chi connectivity index (χ2v) is 5.77. The minimum absolute atomic E-state index is 0.178. The summed E-state index contributed by atoms with van der Waals surface area (Å²) in [4.78, 5) is 13.8. The van der Waals surface area contributed by atoms with E-state index in [1.807, 2.05) is 30.0 Å². The molecule has 4 nitrogen and oxygen atoms in total. The zero-order valence-electron chi connectivity index (χ0n) is 10.9. The van der Waals surface area contributed by atoms with Gasteiger partial charge in [0.25, 0.3) is 0 Å². The summed E-state index contributed by atoms with van der Waals surface area (Å²) in [6.45, 7) is 2.36. The summed E-state index contributed by atoms with van der Waals surface area (Å²) in [5.74, 6) is 0.928. The molecule has 0 N–H and O–H groups in total. The third kappa shape index (κ3) is 2.34. The highest BCUT2D eigenvalue weighted by molar-refractivity contribution is 8.13. The van der Waals surface area contributed by atoms with Gasteiger partial charge >= 0.3 is 11.1 Å². The van der Waals surface area contributed by atoms with Crippen molar-refractivity contribution in [2.24, 2.45) is 0 Å². The Labute approximate surface area is 117 Å². The molecule has 0 aliphatic carbocycles. The van der Waals surface area contributed by atoms with Crippen LogP contribution in [-0.2, 0) is 9.53 Å². The molecule has 0 fully saturated rings. The van der Waals surface area contributed by atoms with Crippen LogP contribution in [0.15, 0.2) is 30.3 Å². The van der Waals surface area contributed by atoms with Crippen LogP contribution >= 0.6 is 11.8 Å². The fourth-order valence-corrected chi connectivity index (χ4v) is 3.85. The minimum Gasteiger partial charge on any atom is -0.466 e. The molecule has 3 rings (SSSR count). The second-order valence-electron chi connectivity index (χ2n) is 4.71. The lowest BCUT2D eigenvalue weighted by atomic mass is 10.1. The lowest BCUT2D eigenvalue weighted by molar-refractivity contribution is -0.511. The highest BCUT2D eigenvalue weighted by Gasteiger charge is 2.44. The Morgan fingerprint density at radius 1 is 1.47 bits per heavy atom. The highest BCUT2D eigenvalue weighted by Crippen LogP contribution is 2.32. The molecule has 2 heterocycles. The van der Waals surface area contributed by atoms with E-state index in [-0.39, 0.29) is 12.0 Å². The topological polar surface area (TPSA) is 32.5 Å². The number of amidine groups is 1. The molecule has 0 aromatic heterocycles. The predicted molar refractivity (Wildman–Crippen MR) is 75.4 cm³/mol. The number of thioether (sulfide) groups is 1. The van der Waals surface area contributed by atoms with Crippen LogP contribution in [-0.4, -0.2) is 53.1 Å². The normalized spacial score (nSPS) is 21.7. The van der Waals surface area contributed by atoms with Gasteiger partial charge in [-0.3, -0.25) is 4.58 Å². The Morgan fingerprint density at radius 3 is 3.00 bits per heavy atom. The van der Waals surface area contributed by atoms with Gasteiger partial charge in [-0.1, -0.05) is 30.3 Å². The Bertz CT molecular complexity index is 515. The Kier molecular flexibility index (Phi) is 3.46. The molecule has 2 aliphatic heterocycles. The standard InChI is InChI=1S/C14H17N2O2S/c1-18-13(17)10-16-12(11-5-3-2-4-6-11)9-15-7-8-19-14(15)16/h2-6,12H,7-10H2,1H3/q+1. The third-order valence-corrected chi connectivity index (χ3v) is 4.73. The van der Waals surface area contributed by atoms with Crippen LogP contribution in [0.4, 0.5) is 0 Å². The van der Waals surface area contributed by atoms with E-state index in [0.29, 0.717) is 6.54 Å². The van der Waals surface area contributed by atoms with Crippen LogP contribution < -0.4 is 0 Å². The number of nitrogens with zero attached hydrogens (tertiary/aromatic N) is 2. The minimum atomic E-state index is -0.178. The molecule has 1 unspecified atom stereocenters. The molecule has 1 atom stereocenters. The van der Waals surface area contributed by atoms with E-state index in [9.17, 15) is 4.79 Å². The lowest BCUT2D eigenvalue weighted by Gasteiger charge is -2.19. The van der Waals surface area contributed by atoms with Crippen molar-refractivity contribution in [1.82, 2.24) is 4.90 Å². The van der Waals surface area contributed by atoms with Crippen molar-refractivity contribution in [1.29, 1.82) is 0 Å². The number of benzene rings is 1. The number of esters is 1. The van der Waals surface area contributed by atoms with Crippen LogP contribution in [0.3, 0.4) is 0 Å². The molecule has 0 spiro atoms. The van der Waals surface area contributed by atoms with E-state index in [1.54, 1.807) is 0 Å². The van der Waals surface area contributed by atoms with Crippen molar-refractivity contribution in [2.75, 3.05) is 32.5 Å². The molecule has 0 amide bonds. The first-order chi connectivity index (χ1) is 9.29. The largest absolute Gasteiger partial charge is 0.466 e. The van der Waals surface area contributed by atoms with E-state index in [2.05, 4.69) is 21.6 Å². The van der Waals surface area contributed by atoms with Gasteiger partial charge in [0.15, 0.2) is 12.6 Å². The molecule has 1 aromatic carbocycles. The summed E-state index contributed by atoms with van der Waals surface area (Å²) >= 11 is 1.83. The maximum Gasteiger partial charge on any atom is 0.347 e. The molecular weight excluding hydrogens is 260 g/mol. The monoisotopic (exact) mass is 277 g/mol. The molecule has 0 saturated carbocycles. The third-order valence-electron chi connectivity index (χ3n) is 3.59. The quantitative estimate of drug-likeness (QED) is 0.616. The summed E-state index contributed by atoms with van der Waals surface area (Å²) in [5, 5.41) is 1.22. The fourth-order valence-electron chi connectivity index (χ4n) is 2.65. The van der Waals surface area contributed by atoms with Crippen molar-refractivity contribution >= 4 is 22.9 Å². The number of carbonyl (C=O) groups excluding carboxylic acids is 1. The van der Waals surface area contributed by atoms with Gasteiger partial charge in [0.2, 0.25) is 0 Å². The lowest BCUT2D eigenvalue weighted by Crippen LogP contribution is -2.34.